The maximum absolute atomic E-state index is 14.9. The van der Waals surface area contributed by atoms with E-state index in [1.54, 1.807) is 48.5 Å². The van der Waals surface area contributed by atoms with Crippen molar-refractivity contribution in [3.05, 3.63) is 71.8 Å². The van der Waals surface area contributed by atoms with Crippen LogP contribution in [0, 0.1) is 0 Å². The van der Waals surface area contributed by atoms with Crippen LogP contribution in [0.3, 0.4) is 0 Å². The molecule has 0 saturated heterocycles. The Labute approximate surface area is 136 Å². The van der Waals surface area contributed by atoms with E-state index in [0.29, 0.717) is 11.1 Å². The molecule has 0 bridgehead atoms. The third kappa shape index (κ3) is 5.18. The van der Waals surface area contributed by atoms with Crippen molar-refractivity contribution in [3.8, 4) is 0 Å². The van der Waals surface area contributed by atoms with Crippen LogP contribution in [0.1, 0.15) is 42.9 Å². The topological polar surface area (TPSA) is 38.3 Å². The number of ether oxygens (including phenoxy) is 1. The molecule has 0 fully saturated rings. The van der Waals surface area contributed by atoms with Crippen LogP contribution in [0.15, 0.2) is 60.7 Å². The van der Waals surface area contributed by atoms with Gasteiger partial charge in [-0.05, 0) is 38.5 Å². The summed E-state index contributed by atoms with van der Waals surface area (Å²) in [6.07, 6.45) is -2.52. The molecule has 2 rings (SSSR count). The van der Waals surface area contributed by atoms with E-state index in [2.05, 4.69) is 5.32 Å². The molecular weight excluding hydrogens is 293 g/mol. The fourth-order valence-electron chi connectivity index (χ4n) is 2.16. The van der Waals surface area contributed by atoms with Gasteiger partial charge in [0.25, 0.3) is 5.91 Å². The Morgan fingerprint density at radius 3 is 2.04 bits per heavy atom. The van der Waals surface area contributed by atoms with Gasteiger partial charge in [0.1, 0.15) is 0 Å². The highest BCUT2D eigenvalue weighted by atomic mass is 19.1. The van der Waals surface area contributed by atoms with Gasteiger partial charge in [0.05, 0.1) is 5.60 Å². The van der Waals surface area contributed by atoms with Gasteiger partial charge in [-0.2, -0.15) is 0 Å². The zero-order valence-electron chi connectivity index (χ0n) is 13.6. The lowest BCUT2D eigenvalue weighted by Crippen LogP contribution is -2.44. The molecule has 0 spiro atoms. The molecule has 2 aromatic carbocycles. The van der Waals surface area contributed by atoms with Crippen molar-refractivity contribution in [2.45, 2.75) is 38.8 Å². The van der Waals surface area contributed by atoms with Gasteiger partial charge in [0.2, 0.25) is 0 Å². The SMILES string of the molecule is CC(C)(C)O[C@@H](NC(=O)c1ccccc1)[C@@H](F)c1ccccc1. The van der Waals surface area contributed by atoms with Crippen molar-refractivity contribution < 1.29 is 13.9 Å². The van der Waals surface area contributed by atoms with Crippen LogP contribution in [0.25, 0.3) is 0 Å². The number of benzene rings is 2. The first-order chi connectivity index (χ1) is 10.9. The fourth-order valence-corrected chi connectivity index (χ4v) is 2.16. The second-order valence-corrected chi connectivity index (χ2v) is 6.30. The second kappa shape index (κ2) is 7.38. The average Bonchev–Trinajstić information content (AvgIpc) is 2.54. The van der Waals surface area contributed by atoms with Gasteiger partial charge < -0.3 is 10.1 Å². The number of amides is 1. The van der Waals surface area contributed by atoms with Gasteiger partial charge in [-0.1, -0.05) is 48.5 Å². The maximum Gasteiger partial charge on any atom is 0.253 e. The van der Waals surface area contributed by atoms with E-state index in [1.165, 1.54) is 0 Å². The molecule has 1 amide bonds. The molecule has 3 nitrogen and oxygen atoms in total. The number of nitrogens with one attached hydrogen (secondary N) is 1. The first-order valence-corrected chi connectivity index (χ1v) is 7.59. The lowest BCUT2D eigenvalue weighted by Gasteiger charge is -2.30. The zero-order valence-corrected chi connectivity index (χ0v) is 13.6. The van der Waals surface area contributed by atoms with Gasteiger partial charge in [-0.25, -0.2) is 4.39 Å². The first-order valence-electron chi connectivity index (χ1n) is 7.59. The Balaban J connectivity index is 2.19. The molecule has 4 heteroatoms. The van der Waals surface area contributed by atoms with Crippen LogP contribution < -0.4 is 5.32 Å². The minimum atomic E-state index is -1.46. The highest BCUT2D eigenvalue weighted by Gasteiger charge is 2.29. The van der Waals surface area contributed by atoms with E-state index < -0.39 is 18.0 Å². The van der Waals surface area contributed by atoms with E-state index in [1.807, 2.05) is 32.9 Å². The Hall–Kier alpha value is -2.20. The van der Waals surface area contributed by atoms with Crippen LogP contribution in [0.2, 0.25) is 0 Å². The summed E-state index contributed by atoms with van der Waals surface area (Å²) in [7, 11) is 0. The van der Waals surface area contributed by atoms with Gasteiger partial charge in [-0.15, -0.1) is 0 Å². The Bertz CT molecular complexity index is 623. The van der Waals surface area contributed by atoms with Crippen molar-refractivity contribution in [3.63, 3.8) is 0 Å². The molecule has 2 aromatic rings. The van der Waals surface area contributed by atoms with Gasteiger partial charge in [0.15, 0.2) is 12.4 Å². The molecular formula is C19H22FNO2. The van der Waals surface area contributed by atoms with Gasteiger partial charge in [0, 0.05) is 5.56 Å². The number of carbonyl (C=O) groups excluding carboxylic acids is 1. The quantitative estimate of drug-likeness (QED) is 0.837. The van der Waals surface area contributed by atoms with Crippen LogP contribution in [0.5, 0.6) is 0 Å². The molecule has 0 heterocycles. The van der Waals surface area contributed by atoms with E-state index in [0.717, 1.165) is 0 Å². The average molecular weight is 315 g/mol. The summed E-state index contributed by atoms with van der Waals surface area (Å²) in [5, 5.41) is 2.65. The number of hydrogen-bond donors (Lipinski definition) is 1. The fraction of sp³-hybridized carbons (Fsp3) is 0.316. The Kier molecular flexibility index (Phi) is 5.50. The molecule has 0 unspecified atom stereocenters. The zero-order chi connectivity index (χ0) is 16.9. The summed E-state index contributed by atoms with van der Waals surface area (Å²) in [5.74, 6) is -0.363. The minimum absolute atomic E-state index is 0.363. The number of hydrogen-bond acceptors (Lipinski definition) is 2. The lowest BCUT2D eigenvalue weighted by molar-refractivity contribution is -0.102. The normalized spacial score (nSPS) is 14.1. The number of alkyl halides is 1. The third-order valence-electron chi connectivity index (χ3n) is 3.17. The molecule has 1 N–H and O–H groups in total. The first kappa shape index (κ1) is 17.2. The Morgan fingerprint density at radius 1 is 1.00 bits per heavy atom. The standard InChI is InChI=1S/C19H22FNO2/c1-19(2,3)23-18(16(20)14-10-6-4-7-11-14)21-17(22)15-12-8-5-9-13-15/h4-13,16,18H,1-3H3,(H,21,22)/t16-,18+/m0/s1. The summed E-state index contributed by atoms with van der Waals surface area (Å²) < 4.78 is 20.6. The molecule has 0 saturated carbocycles. The van der Waals surface area contributed by atoms with Crippen molar-refractivity contribution in [2.75, 3.05) is 0 Å². The highest BCUT2D eigenvalue weighted by Crippen LogP contribution is 2.25. The molecule has 2 atom stereocenters. The van der Waals surface area contributed by atoms with Crippen LogP contribution >= 0.6 is 0 Å². The summed E-state index contributed by atoms with van der Waals surface area (Å²) in [5.41, 5.74) is 0.346. The predicted molar refractivity (Wildman–Crippen MR) is 88.8 cm³/mol. The Morgan fingerprint density at radius 2 is 1.52 bits per heavy atom. The molecule has 122 valence electrons. The van der Waals surface area contributed by atoms with E-state index >= 15 is 0 Å². The molecule has 0 aliphatic carbocycles. The summed E-state index contributed by atoms with van der Waals surface area (Å²) in [6, 6.07) is 17.4. The summed E-state index contributed by atoms with van der Waals surface area (Å²) >= 11 is 0. The largest absolute Gasteiger partial charge is 0.349 e. The molecule has 0 aliphatic heterocycles. The number of halogens is 1. The third-order valence-corrected chi connectivity index (χ3v) is 3.17. The van der Waals surface area contributed by atoms with Crippen LogP contribution in [-0.2, 0) is 4.74 Å². The maximum atomic E-state index is 14.9. The molecule has 0 aliphatic rings. The molecule has 23 heavy (non-hydrogen) atoms. The van der Waals surface area contributed by atoms with Crippen molar-refractivity contribution in [1.29, 1.82) is 0 Å². The van der Waals surface area contributed by atoms with E-state index in [-0.39, 0.29) is 5.91 Å². The van der Waals surface area contributed by atoms with Gasteiger partial charge >= 0.3 is 0 Å². The molecule has 0 aromatic heterocycles. The second-order valence-electron chi connectivity index (χ2n) is 6.30. The van der Waals surface area contributed by atoms with Crippen molar-refractivity contribution in [2.24, 2.45) is 0 Å². The monoisotopic (exact) mass is 315 g/mol. The van der Waals surface area contributed by atoms with Crippen LogP contribution in [0.4, 0.5) is 4.39 Å². The summed E-state index contributed by atoms with van der Waals surface area (Å²) in [4.78, 5) is 12.3. The van der Waals surface area contributed by atoms with Crippen molar-refractivity contribution in [1.82, 2.24) is 5.32 Å². The smallest absolute Gasteiger partial charge is 0.253 e. The number of rotatable bonds is 5. The van der Waals surface area contributed by atoms with E-state index in [9.17, 15) is 9.18 Å². The lowest BCUT2D eigenvalue weighted by atomic mass is 10.1. The molecule has 0 radical (unpaired) electrons. The van der Waals surface area contributed by atoms with Crippen LogP contribution in [-0.4, -0.2) is 17.7 Å². The van der Waals surface area contributed by atoms with E-state index in [4.69, 9.17) is 4.74 Å². The highest BCUT2D eigenvalue weighted by molar-refractivity contribution is 5.94. The van der Waals surface area contributed by atoms with Crippen molar-refractivity contribution >= 4 is 5.91 Å². The predicted octanol–water partition coefficient (Wildman–Crippen LogP) is 4.27. The minimum Gasteiger partial charge on any atom is -0.349 e. The van der Waals surface area contributed by atoms with Gasteiger partial charge in [-0.3, -0.25) is 4.79 Å². The summed E-state index contributed by atoms with van der Waals surface area (Å²) in [6.45, 7) is 5.48. The number of carbonyl (C=O) groups is 1.